The van der Waals surface area contributed by atoms with Crippen LogP contribution in [0, 0.1) is 12.8 Å². The van der Waals surface area contributed by atoms with Gasteiger partial charge in [0.05, 0.1) is 6.61 Å². The number of hydrazine groups is 1. The van der Waals surface area contributed by atoms with E-state index < -0.39 is 0 Å². The second-order valence-corrected chi connectivity index (χ2v) is 8.75. The van der Waals surface area contributed by atoms with Crippen LogP contribution in [-0.2, 0) is 13.0 Å². The molecule has 0 aromatic heterocycles. The van der Waals surface area contributed by atoms with Crippen molar-refractivity contribution in [3.63, 3.8) is 0 Å². The Morgan fingerprint density at radius 2 is 2.04 bits per heavy atom. The molecule has 0 amide bonds. The van der Waals surface area contributed by atoms with Gasteiger partial charge < -0.3 is 4.74 Å². The standard InChI is InChI=1S/C24H31N3O/c1-17-4-7-19(8-5-17)22-14-25-26-24(22)21-3-2-11-27(16-21)15-18-6-9-23-20(13-18)10-12-28-23/h4-9,13,21-22,24-26H,2-3,10-12,14-16H2,1H3. The molecule has 0 radical (unpaired) electrons. The van der Waals surface area contributed by atoms with Crippen LogP contribution in [0.1, 0.15) is 41.0 Å². The molecule has 0 bridgehead atoms. The predicted molar refractivity (Wildman–Crippen MR) is 112 cm³/mol. The highest BCUT2D eigenvalue weighted by molar-refractivity contribution is 5.39. The molecular formula is C24H31N3O. The van der Waals surface area contributed by atoms with Gasteiger partial charge in [0, 0.05) is 38.0 Å². The molecule has 4 heteroatoms. The first-order valence-electron chi connectivity index (χ1n) is 10.8. The second-order valence-electron chi connectivity index (χ2n) is 8.75. The SMILES string of the molecule is Cc1ccc(C2CNNC2C2CCCN(Cc3ccc4c(c3)CCO4)C2)cc1. The van der Waals surface area contributed by atoms with Crippen molar-refractivity contribution in [2.24, 2.45) is 5.92 Å². The van der Waals surface area contributed by atoms with Crippen molar-refractivity contribution in [2.75, 3.05) is 26.2 Å². The van der Waals surface area contributed by atoms with Gasteiger partial charge in [-0.2, -0.15) is 0 Å². The minimum Gasteiger partial charge on any atom is -0.493 e. The van der Waals surface area contributed by atoms with Crippen LogP contribution >= 0.6 is 0 Å². The van der Waals surface area contributed by atoms with E-state index in [1.165, 1.54) is 48.2 Å². The molecule has 3 aliphatic rings. The first-order valence-corrected chi connectivity index (χ1v) is 10.8. The average Bonchev–Trinajstić information content (AvgIpc) is 3.38. The van der Waals surface area contributed by atoms with E-state index in [1.807, 2.05) is 0 Å². The summed E-state index contributed by atoms with van der Waals surface area (Å²) in [6, 6.07) is 16.4. The van der Waals surface area contributed by atoms with Gasteiger partial charge in [0.1, 0.15) is 5.75 Å². The maximum atomic E-state index is 5.66. The highest BCUT2D eigenvalue weighted by atomic mass is 16.5. The van der Waals surface area contributed by atoms with Crippen molar-refractivity contribution in [2.45, 2.75) is 44.7 Å². The molecule has 3 aliphatic heterocycles. The van der Waals surface area contributed by atoms with Crippen LogP contribution in [0.15, 0.2) is 42.5 Å². The fourth-order valence-electron chi connectivity index (χ4n) is 5.22. The van der Waals surface area contributed by atoms with E-state index in [4.69, 9.17) is 4.74 Å². The molecule has 2 fully saturated rings. The number of aryl methyl sites for hydroxylation is 1. The monoisotopic (exact) mass is 377 g/mol. The lowest BCUT2D eigenvalue weighted by Gasteiger charge is -2.37. The third-order valence-electron chi connectivity index (χ3n) is 6.74. The molecule has 2 aromatic carbocycles. The first-order chi connectivity index (χ1) is 13.8. The number of rotatable bonds is 4. The minimum atomic E-state index is 0.513. The van der Waals surface area contributed by atoms with E-state index in [-0.39, 0.29) is 0 Å². The third-order valence-corrected chi connectivity index (χ3v) is 6.74. The van der Waals surface area contributed by atoms with Gasteiger partial charge in [-0.3, -0.25) is 15.8 Å². The summed E-state index contributed by atoms with van der Waals surface area (Å²) >= 11 is 0. The quantitative estimate of drug-likeness (QED) is 0.856. The normalized spacial score (nSPS) is 27.5. The van der Waals surface area contributed by atoms with Crippen molar-refractivity contribution in [3.05, 3.63) is 64.7 Å². The van der Waals surface area contributed by atoms with Crippen LogP contribution in [0.25, 0.3) is 0 Å². The largest absolute Gasteiger partial charge is 0.493 e. The van der Waals surface area contributed by atoms with Gasteiger partial charge in [-0.25, -0.2) is 0 Å². The van der Waals surface area contributed by atoms with Gasteiger partial charge in [0.25, 0.3) is 0 Å². The van der Waals surface area contributed by atoms with Crippen molar-refractivity contribution >= 4 is 0 Å². The van der Waals surface area contributed by atoms with Crippen molar-refractivity contribution in [1.29, 1.82) is 0 Å². The summed E-state index contributed by atoms with van der Waals surface area (Å²) < 4.78 is 5.66. The van der Waals surface area contributed by atoms with Gasteiger partial charge >= 0.3 is 0 Å². The topological polar surface area (TPSA) is 36.5 Å². The molecule has 0 aliphatic carbocycles. The number of hydrogen-bond donors (Lipinski definition) is 2. The number of hydrogen-bond acceptors (Lipinski definition) is 4. The Labute approximate surface area is 168 Å². The fourth-order valence-corrected chi connectivity index (χ4v) is 5.22. The van der Waals surface area contributed by atoms with Crippen molar-refractivity contribution < 1.29 is 4.74 Å². The second kappa shape index (κ2) is 7.86. The Bertz CT molecular complexity index is 819. The third kappa shape index (κ3) is 3.69. The van der Waals surface area contributed by atoms with Crippen LogP contribution in [0.5, 0.6) is 5.75 Å². The predicted octanol–water partition coefficient (Wildman–Crippen LogP) is 3.40. The summed E-state index contributed by atoms with van der Waals surface area (Å²) in [4.78, 5) is 2.65. The van der Waals surface area contributed by atoms with E-state index in [9.17, 15) is 0 Å². The van der Waals surface area contributed by atoms with Gasteiger partial charge in [0.2, 0.25) is 0 Å². The number of likely N-dealkylation sites (tertiary alicyclic amines) is 1. The Kier molecular flexibility index (Phi) is 5.10. The number of benzene rings is 2. The molecule has 0 saturated carbocycles. The first kappa shape index (κ1) is 18.2. The molecule has 3 unspecified atom stereocenters. The molecule has 3 heterocycles. The van der Waals surface area contributed by atoms with E-state index in [2.05, 4.69) is 65.1 Å². The molecule has 28 heavy (non-hydrogen) atoms. The van der Waals surface area contributed by atoms with Gasteiger partial charge in [0.15, 0.2) is 0 Å². The van der Waals surface area contributed by atoms with Crippen LogP contribution in [0.3, 0.4) is 0 Å². The lowest BCUT2D eigenvalue weighted by Crippen LogP contribution is -2.46. The molecule has 3 atom stereocenters. The van der Waals surface area contributed by atoms with E-state index in [0.29, 0.717) is 17.9 Å². The van der Waals surface area contributed by atoms with Crippen LogP contribution < -0.4 is 15.6 Å². The molecular weight excluding hydrogens is 346 g/mol. The van der Waals surface area contributed by atoms with E-state index in [0.717, 1.165) is 31.9 Å². The lowest BCUT2D eigenvalue weighted by molar-refractivity contribution is 0.139. The number of fused-ring (bicyclic) bond motifs is 1. The van der Waals surface area contributed by atoms with Crippen LogP contribution in [-0.4, -0.2) is 37.2 Å². The Morgan fingerprint density at radius 1 is 1.14 bits per heavy atom. The van der Waals surface area contributed by atoms with Gasteiger partial charge in [-0.1, -0.05) is 42.0 Å². The highest BCUT2D eigenvalue weighted by Crippen LogP contribution is 2.33. The maximum Gasteiger partial charge on any atom is 0.122 e. The highest BCUT2D eigenvalue weighted by Gasteiger charge is 2.36. The molecule has 0 spiro atoms. The smallest absolute Gasteiger partial charge is 0.122 e. The summed E-state index contributed by atoms with van der Waals surface area (Å²) in [5.41, 5.74) is 12.7. The molecule has 2 aromatic rings. The van der Waals surface area contributed by atoms with Gasteiger partial charge in [-0.15, -0.1) is 0 Å². The molecule has 5 rings (SSSR count). The zero-order chi connectivity index (χ0) is 18.9. The Hall–Kier alpha value is -1.88. The Balaban J connectivity index is 1.26. The average molecular weight is 378 g/mol. The number of piperidine rings is 1. The molecule has 148 valence electrons. The van der Waals surface area contributed by atoms with Gasteiger partial charge in [-0.05, 0) is 55.0 Å². The minimum absolute atomic E-state index is 0.513. The molecule has 2 saturated heterocycles. The fraction of sp³-hybridized carbons (Fsp3) is 0.500. The number of nitrogens with one attached hydrogen (secondary N) is 2. The van der Waals surface area contributed by atoms with Crippen molar-refractivity contribution in [1.82, 2.24) is 15.8 Å². The number of nitrogens with zero attached hydrogens (tertiary/aromatic N) is 1. The summed E-state index contributed by atoms with van der Waals surface area (Å²) in [6.45, 7) is 7.46. The maximum absolute atomic E-state index is 5.66. The molecule has 4 nitrogen and oxygen atoms in total. The van der Waals surface area contributed by atoms with E-state index >= 15 is 0 Å². The summed E-state index contributed by atoms with van der Waals surface area (Å²) in [7, 11) is 0. The number of ether oxygens (including phenoxy) is 1. The summed E-state index contributed by atoms with van der Waals surface area (Å²) in [5, 5.41) is 0. The zero-order valence-electron chi connectivity index (χ0n) is 16.8. The zero-order valence-corrected chi connectivity index (χ0v) is 16.8. The summed E-state index contributed by atoms with van der Waals surface area (Å²) in [5.74, 6) is 2.33. The van der Waals surface area contributed by atoms with Crippen molar-refractivity contribution in [3.8, 4) is 5.75 Å². The molecule has 2 N–H and O–H groups in total. The lowest BCUT2D eigenvalue weighted by atomic mass is 9.81. The summed E-state index contributed by atoms with van der Waals surface area (Å²) in [6.07, 6.45) is 3.66. The van der Waals surface area contributed by atoms with E-state index in [1.54, 1.807) is 0 Å². The van der Waals surface area contributed by atoms with Crippen LogP contribution in [0.2, 0.25) is 0 Å². The van der Waals surface area contributed by atoms with Crippen LogP contribution in [0.4, 0.5) is 0 Å². The Morgan fingerprint density at radius 3 is 2.93 bits per heavy atom.